The van der Waals surface area contributed by atoms with E-state index in [4.69, 9.17) is 9.47 Å². The number of nitrogens with zero attached hydrogens (tertiary/aromatic N) is 2. The van der Waals surface area contributed by atoms with Crippen LogP contribution in [0, 0.1) is 0 Å². The molecule has 1 spiro atoms. The summed E-state index contributed by atoms with van der Waals surface area (Å²) in [5.74, 6) is -0.0568. The first-order valence-corrected chi connectivity index (χ1v) is 8.75. The van der Waals surface area contributed by atoms with Crippen LogP contribution >= 0.6 is 0 Å². The number of pyridine rings is 1. The molecular weight excluding hydrogens is 306 g/mol. The van der Waals surface area contributed by atoms with Crippen molar-refractivity contribution in [3.63, 3.8) is 0 Å². The van der Waals surface area contributed by atoms with Crippen molar-refractivity contribution in [2.75, 3.05) is 33.4 Å². The van der Waals surface area contributed by atoms with E-state index in [2.05, 4.69) is 27.3 Å². The number of carbonyl (C=O) groups excluding carboxylic acids is 1. The summed E-state index contributed by atoms with van der Waals surface area (Å²) >= 11 is 0. The number of morpholine rings is 1. The van der Waals surface area contributed by atoms with Crippen LogP contribution in [0.25, 0.3) is 0 Å². The Kier molecular flexibility index (Phi) is 5.81. The second-order valence-corrected chi connectivity index (χ2v) is 6.78. The van der Waals surface area contributed by atoms with Crippen LogP contribution in [0.4, 0.5) is 0 Å². The zero-order chi connectivity index (χ0) is 16.8. The quantitative estimate of drug-likeness (QED) is 0.881. The molecule has 1 aliphatic heterocycles. The van der Waals surface area contributed by atoms with Gasteiger partial charge in [-0.3, -0.25) is 14.7 Å². The molecule has 1 amide bonds. The van der Waals surface area contributed by atoms with Crippen LogP contribution in [0.2, 0.25) is 0 Å². The SMILES string of the molecule is COCC(=O)N[C@@H]1CCCC[C@]12CN(Cc1ccncc1)CCO2. The molecule has 2 heterocycles. The zero-order valence-electron chi connectivity index (χ0n) is 14.4. The monoisotopic (exact) mass is 333 g/mol. The lowest BCUT2D eigenvalue weighted by Gasteiger charge is -2.49. The van der Waals surface area contributed by atoms with E-state index in [1.54, 1.807) is 7.11 Å². The fourth-order valence-electron chi connectivity index (χ4n) is 3.91. The van der Waals surface area contributed by atoms with Crippen LogP contribution < -0.4 is 5.32 Å². The number of methoxy groups -OCH3 is 1. The third-order valence-electron chi connectivity index (χ3n) is 5.03. The topological polar surface area (TPSA) is 63.7 Å². The molecular formula is C18H27N3O3. The largest absolute Gasteiger partial charge is 0.375 e. The summed E-state index contributed by atoms with van der Waals surface area (Å²) in [5, 5.41) is 3.14. The van der Waals surface area contributed by atoms with Gasteiger partial charge in [-0.15, -0.1) is 0 Å². The number of ether oxygens (including phenoxy) is 2. The molecule has 6 nitrogen and oxygen atoms in total. The molecule has 0 aromatic carbocycles. The zero-order valence-corrected chi connectivity index (χ0v) is 14.4. The molecule has 2 atom stereocenters. The predicted molar refractivity (Wildman–Crippen MR) is 90.5 cm³/mol. The number of hydrogen-bond donors (Lipinski definition) is 1. The molecule has 0 bridgehead atoms. The first-order chi connectivity index (χ1) is 11.7. The van der Waals surface area contributed by atoms with Crippen LogP contribution in [-0.2, 0) is 20.8 Å². The molecule has 1 N–H and O–H groups in total. The number of aromatic nitrogens is 1. The molecule has 1 aromatic rings. The van der Waals surface area contributed by atoms with Crippen molar-refractivity contribution >= 4 is 5.91 Å². The molecule has 1 saturated heterocycles. The lowest BCUT2D eigenvalue weighted by molar-refractivity contribution is -0.152. The van der Waals surface area contributed by atoms with Crippen molar-refractivity contribution in [1.82, 2.24) is 15.2 Å². The van der Waals surface area contributed by atoms with Gasteiger partial charge >= 0.3 is 0 Å². The molecule has 0 unspecified atom stereocenters. The van der Waals surface area contributed by atoms with Gasteiger partial charge < -0.3 is 14.8 Å². The molecule has 132 valence electrons. The molecule has 2 fully saturated rings. The van der Waals surface area contributed by atoms with Crippen molar-refractivity contribution in [3.8, 4) is 0 Å². The number of carbonyl (C=O) groups is 1. The van der Waals surface area contributed by atoms with Crippen LogP contribution in [-0.4, -0.2) is 60.8 Å². The van der Waals surface area contributed by atoms with Crippen molar-refractivity contribution in [1.29, 1.82) is 0 Å². The summed E-state index contributed by atoms with van der Waals surface area (Å²) in [5.41, 5.74) is 0.991. The van der Waals surface area contributed by atoms with Gasteiger partial charge in [-0.1, -0.05) is 12.8 Å². The van der Waals surface area contributed by atoms with E-state index >= 15 is 0 Å². The molecule has 2 aliphatic rings. The van der Waals surface area contributed by atoms with Gasteiger partial charge in [0.25, 0.3) is 0 Å². The van der Waals surface area contributed by atoms with Crippen molar-refractivity contribution < 1.29 is 14.3 Å². The molecule has 1 aromatic heterocycles. The van der Waals surface area contributed by atoms with Gasteiger partial charge in [-0.25, -0.2) is 0 Å². The fourth-order valence-corrected chi connectivity index (χ4v) is 3.91. The molecule has 1 aliphatic carbocycles. The van der Waals surface area contributed by atoms with Crippen molar-refractivity contribution in [2.24, 2.45) is 0 Å². The van der Waals surface area contributed by atoms with Crippen LogP contribution in [0.5, 0.6) is 0 Å². The molecule has 3 rings (SSSR count). The molecule has 0 radical (unpaired) electrons. The summed E-state index contributed by atoms with van der Waals surface area (Å²) in [6.45, 7) is 3.48. The second-order valence-electron chi connectivity index (χ2n) is 6.78. The van der Waals surface area contributed by atoms with Gasteiger partial charge in [-0.2, -0.15) is 0 Å². The Morgan fingerprint density at radius 2 is 2.29 bits per heavy atom. The Morgan fingerprint density at radius 1 is 1.46 bits per heavy atom. The molecule has 1 saturated carbocycles. The minimum Gasteiger partial charge on any atom is -0.375 e. The highest BCUT2D eigenvalue weighted by Crippen LogP contribution is 2.35. The highest BCUT2D eigenvalue weighted by molar-refractivity contribution is 5.77. The van der Waals surface area contributed by atoms with Gasteiger partial charge in [0.05, 0.1) is 12.6 Å². The highest BCUT2D eigenvalue weighted by Gasteiger charge is 2.45. The maximum atomic E-state index is 12.0. The summed E-state index contributed by atoms with van der Waals surface area (Å²) in [7, 11) is 1.55. The van der Waals surface area contributed by atoms with Crippen LogP contribution in [0.1, 0.15) is 31.2 Å². The highest BCUT2D eigenvalue weighted by atomic mass is 16.5. The standard InChI is InChI=1S/C18H27N3O3/c1-23-13-17(22)20-16-4-2-3-7-18(16)14-21(10-11-24-18)12-15-5-8-19-9-6-15/h5-6,8-9,16H,2-4,7,10-14H2,1H3,(H,20,22)/t16-,18+/m1/s1. The lowest BCUT2D eigenvalue weighted by atomic mass is 9.78. The van der Waals surface area contributed by atoms with Crippen LogP contribution in [0.3, 0.4) is 0 Å². The third kappa shape index (κ3) is 4.12. The summed E-state index contributed by atoms with van der Waals surface area (Å²) in [6, 6.07) is 4.18. The fraction of sp³-hybridized carbons (Fsp3) is 0.667. The number of hydrogen-bond acceptors (Lipinski definition) is 5. The van der Waals surface area contributed by atoms with E-state index < -0.39 is 0 Å². The second kappa shape index (κ2) is 8.05. The molecule has 6 heteroatoms. The predicted octanol–water partition coefficient (Wildman–Crippen LogP) is 1.36. The number of nitrogens with one attached hydrogen (secondary N) is 1. The van der Waals surface area contributed by atoms with E-state index in [1.807, 2.05) is 12.4 Å². The third-order valence-corrected chi connectivity index (χ3v) is 5.03. The Hall–Kier alpha value is -1.50. The smallest absolute Gasteiger partial charge is 0.246 e. The average Bonchev–Trinajstić information content (AvgIpc) is 2.59. The minimum atomic E-state index is -0.271. The van der Waals surface area contributed by atoms with E-state index in [-0.39, 0.29) is 24.2 Å². The van der Waals surface area contributed by atoms with E-state index in [9.17, 15) is 4.79 Å². The lowest BCUT2D eigenvalue weighted by Crippen LogP contribution is -2.64. The van der Waals surface area contributed by atoms with Crippen LogP contribution in [0.15, 0.2) is 24.5 Å². The summed E-state index contributed by atoms with van der Waals surface area (Å²) in [6.07, 6.45) is 7.92. The normalized spacial score (nSPS) is 28.0. The van der Waals surface area contributed by atoms with Crippen molar-refractivity contribution in [3.05, 3.63) is 30.1 Å². The van der Waals surface area contributed by atoms with E-state index in [0.717, 1.165) is 45.3 Å². The van der Waals surface area contributed by atoms with Crippen molar-refractivity contribution in [2.45, 2.75) is 43.9 Å². The van der Waals surface area contributed by atoms with Gasteiger partial charge in [0.15, 0.2) is 0 Å². The first-order valence-electron chi connectivity index (χ1n) is 8.75. The number of rotatable bonds is 5. The van der Waals surface area contributed by atoms with Gasteiger partial charge in [0.2, 0.25) is 5.91 Å². The Balaban J connectivity index is 1.67. The molecule has 24 heavy (non-hydrogen) atoms. The van der Waals surface area contributed by atoms with Gasteiger partial charge in [-0.05, 0) is 30.5 Å². The maximum absolute atomic E-state index is 12.0. The summed E-state index contributed by atoms with van der Waals surface area (Å²) in [4.78, 5) is 18.5. The maximum Gasteiger partial charge on any atom is 0.246 e. The van der Waals surface area contributed by atoms with E-state index in [1.165, 1.54) is 5.56 Å². The summed E-state index contributed by atoms with van der Waals surface area (Å²) < 4.78 is 11.2. The average molecular weight is 333 g/mol. The van der Waals surface area contributed by atoms with Gasteiger partial charge in [0, 0.05) is 39.1 Å². The Morgan fingerprint density at radius 3 is 3.08 bits per heavy atom. The first kappa shape index (κ1) is 17.3. The number of amides is 1. The minimum absolute atomic E-state index is 0.0568. The Bertz CT molecular complexity index is 536. The van der Waals surface area contributed by atoms with Gasteiger partial charge in [0.1, 0.15) is 12.2 Å². The van der Waals surface area contributed by atoms with E-state index in [0.29, 0.717) is 6.61 Å². The Labute approximate surface area is 143 Å².